The minimum Gasteiger partial charge on any atom is -0.489 e. The number of rotatable bonds is 7. The Kier molecular flexibility index (Phi) is 5.94. The first kappa shape index (κ1) is 13.0. The first-order valence-corrected chi connectivity index (χ1v) is 6.26. The Balaban J connectivity index is 2.55. The van der Waals surface area contributed by atoms with E-state index in [4.69, 9.17) is 4.74 Å². The van der Waals surface area contributed by atoms with E-state index in [1.165, 1.54) is 5.56 Å². The summed E-state index contributed by atoms with van der Waals surface area (Å²) in [5, 5.41) is 3.32. The van der Waals surface area contributed by atoms with E-state index < -0.39 is 0 Å². The molecule has 0 aliphatic heterocycles. The van der Waals surface area contributed by atoms with Crippen molar-refractivity contribution in [2.45, 2.75) is 39.7 Å². The van der Waals surface area contributed by atoms with Crippen LogP contribution in [0.15, 0.2) is 24.3 Å². The summed E-state index contributed by atoms with van der Waals surface area (Å²) in [7, 11) is 0. The zero-order chi connectivity index (χ0) is 11.8. The lowest BCUT2D eigenvalue weighted by Crippen LogP contribution is -2.30. The van der Waals surface area contributed by atoms with Crippen molar-refractivity contribution in [1.29, 1.82) is 0 Å². The summed E-state index contributed by atoms with van der Waals surface area (Å²) in [4.78, 5) is 0. The van der Waals surface area contributed by atoms with Gasteiger partial charge in [-0.15, -0.1) is 0 Å². The molecule has 0 aromatic heterocycles. The highest BCUT2D eigenvalue weighted by atomic mass is 16.5. The van der Waals surface area contributed by atoms with Crippen LogP contribution in [0.25, 0.3) is 0 Å². The molecule has 0 bridgehead atoms. The molecule has 0 fully saturated rings. The molecule has 0 radical (unpaired) electrons. The number of aryl methyl sites for hydroxylation is 1. The third-order valence-corrected chi connectivity index (χ3v) is 2.69. The van der Waals surface area contributed by atoms with Gasteiger partial charge in [-0.1, -0.05) is 32.9 Å². The first-order valence-electron chi connectivity index (χ1n) is 6.26. The minimum atomic E-state index is 0.270. The highest BCUT2D eigenvalue weighted by Crippen LogP contribution is 2.16. The predicted octanol–water partition coefficient (Wildman–Crippen LogP) is 3.02. The average molecular weight is 221 g/mol. The maximum atomic E-state index is 5.95. The van der Waals surface area contributed by atoms with Crippen LogP contribution in [0, 0.1) is 0 Å². The van der Waals surface area contributed by atoms with E-state index in [2.05, 4.69) is 44.3 Å². The Bertz CT molecular complexity index is 299. The van der Waals surface area contributed by atoms with Gasteiger partial charge in [-0.2, -0.15) is 0 Å². The monoisotopic (exact) mass is 221 g/mol. The molecule has 1 unspecified atom stereocenters. The molecule has 1 rings (SSSR count). The van der Waals surface area contributed by atoms with Crippen molar-refractivity contribution in [3.8, 4) is 5.75 Å². The average Bonchev–Trinajstić information content (AvgIpc) is 2.34. The maximum Gasteiger partial charge on any atom is 0.120 e. The number of likely N-dealkylation sites (N-methyl/N-ethyl adjacent to an activating group) is 1. The molecule has 2 heteroatoms. The van der Waals surface area contributed by atoms with Crippen LogP contribution in [0.5, 0.6) is 5.75 Å². The van der Waals surface area contributed by atoms with Crippen molar-refractivity contribution < 1.29 is 4.74 Å². The molecule has 0 spiro atoms. The molecule has 90 valence electrons. The molecule has 1 N–H and O–H groups in total. The number of benzene rings is 1. The third-order valence-electron chi connectivity index (χ3n) is 2.69. The summed E-state index contributed by atoms with van der Waals surface area (Å²) in [6.07, 6.45) is 2.36. The van der Waals surface area contributed by atoms with Crippen LogP contribution in [-0.2, 0) is 6.42 Å². The van der Waals surface area contributed by atoms with Gasteiger partial charge in [0.2, 0.25) is 0 Å². The highest BCUT2D eigenvalue weighted by molar-refractivity contribution is 5.28. The van der Waals surface area contributed by atoms with E-state index in [9.17, 15) is 0 Å². The number of hydrogen-bond donors (Lipinski definition) is 1. The first-order chi connectivity index (χ1) is 7.80. The molecule has 1 atom stereocenters. The van der Waals surface area contributed by atoms with E-state index in [0.717, 1.165) is 31.7 Å². The number of nitrogens with one attached hydrogen (secondary N) is 1. The Morgan fingerprint density at radius 3 is 2.69 bits per heavy atom. The summed E-state index contributed by atoms with van der Waals surface area (Å²) in [6.45, 7) is 8.35. The lowest BCUT2D eigenvalue weighted by atomic mass is 10.1. The van der Waals surface area contributed by atoms with Gasteiger partial charge in [-0.3, -0.25) is 0 Å². The normalized spacial score (nSPS) is 12.4. The SMILES string of the molecule is CCNCC(CC)Oc1cccc(CC)c1. The largest absolute Gasteiger partial charge is 0.489 e. The molecule has 16 heavy (non-hydrogen) atoms. The molecule has 1 aromatic carbocycles. The van der Waals surface area contributed by atoms with Gasteiger partial charge in [0.25, 0.3) is 0 Å². The number of hydrogen-bond acceptors (Lipinski definition) is 2. The lowest BCUT2D eigenvalue weighted by Gasteiger charge is -2.18. The zero-order valence-electron chi connectivity index (χ0n) is 10.6. The van der Waals surface area contributed by atoms with Gasteiger partial charge in [-0.25, -0.2) is 0 Å². The highest BCUT2D eigenvalue weighted by Gasteiger charge is 2.07. The fourth-order valence-electron chi connectivity index (χ4n) is 1.61. The van der Waals surface area contributed by atoms with Gasteiger partial charge < -0.3 is 10.1 Å². The van der Waals surface area contributed by atoms with Gasteiger partial charge >= 0.3 is 0 Å². The Morgan fingerprint density at radius 2 is 2.06 bits per heavy atom. The number of ether oxygens (including phenoxy) is 1. The van der Waals surface area contributed by atoms with Crippen molar-refractivity contribution in [2.24, 2.45) is 0 Å². The van der Waals surface area contributed by atoms with Gasteiger partial charge in [0.05, 0.1) is 0 Å². The second-order valence-corrected chi connectivity index (χ2v) is 3.96. The summed E-state index contributed by atoms with van der Waals surface area (Å²) in [6, 6.07) is 8.37. The van der Waals surface area contributed by atoms with Crippen LogP contribution in [0.1, 0.15) is 32.8 Å². The third kappa shape index (κ3) is 4.23. The van der Waals surface area contributed by atoms with E-state index in [0.29, 0.717) is 0 Å². The molecule has 0 aliphatic carbocycles. The second kappa shape index (κ2) is 7.29. The second-order valence-electron chi connectivity index (χ2n) is 3.96. The fraction of sp³-hybridized carbons (Fsp3) is 0.571. The lowest BCUT2D eigenvalue weighted by molar-refractivity contribution is 0.194. The Hall–Kier alpha value is -1.02. The van der Waals surface area contributed by atoms with E-state index in [1.807, 2.05) is 6.07 Å². The van der Waals surface area contributed by atoms with Crippen LogP contribution >= 0.6 is 0 Å². The van der Waals surface area contributed by atoms with Crippen molar-refractivity contribution in [2.75, 3.05) is 13.1 Å². The zero-order valence-corrected chi connectivity index (χ0v) is 10.6. The molecular weight excluding hydrogens is 198 g/mol. The van der Waals surface area contributed by atoms with E-state index in [1.54, 1.807) is 0 Å². The van der Waals surface area contributed by atoms with Crippen molar-refractivity contribution >= 4 is 0 Å². The Morgan fingerprint density at radius 1 is 1.25 bits per heavy atom. The van der Waals surface area contributed by atoms with Crippen molar-refractivity contribution in [3.05, 3.63) is 29.8 Å². The molecule has 0 amide bonds. The van der Waals surface area contributed by atoms with Crippen LogP contribution in [-0.4, -0.2) is 19.2 Å². The molecule has 2 nitrogen and oxygen atoms in total. The van der Waals surface area contributed by atoms with E-state index >= 15 is 0 Å². The van der Waals surface area contributed by atoms with Gasteiger partial charge in [0, 0.05) is 6.54 Å². The van der Waals surface area contributed by atoms with Crippen molar-refractivity contribution in [3.63, 3.8) is 0 Å². The fourth-order valence-corrected chi connectivity index (χ4v) is 1.61. The van der Waals surface area contributed by atoms with Gasteiger partial charge in [0.1, 0.15) is 11.9 Å². The molecule has 0 saturated carbocycles. The van der Waals surface area contributed by atoms with Gasteiger partial charge in [0.15, 0.2) is 0 Å². The summed E-state index contributed by atoms with van der Waals surface area (Å²) < 4.78 is 5.95. The van der Waals surface area contributed by atoms with Crippen LogP contribution in [0.4, 0.5) is 0 Å². The predicted molar refractivity (Wildman–Crippen MR) is 69.1 cm³/mol. The van der Waals surface area contributed by atoms with Crippen molar-refractivity contribution in [1.82, 2.24) is 5.32 Å². The molecule has 0 saturated heterocycles. The molecule has 0 aliphatic rings. The summed E-state index contributed by atoms with van der Waals surface area (Å²) in [5.74, 6) is 0.990. The van der Waals surface area contributed by atoms with Crippen LogP contribution in [0.2, 0.25) is 0 Å². The Labute approximate surface area is 99.0 Å². The topological polar surface area (TPSA) is 21.3 Å². The maximum absolute atomic E-state index is 5.95. The van der Waals surface area contributed by atoms with Gasteiger partial charge in [-0.05, 0) is 37.1 Å². The van der Waals surface area contributed by atoms with E-state index in [-0.39, 0.29) is 6.10 Å². The molecular formula is C14H23NO. The van der Waals surface area contributed by atoms with Crippen LogP contribution < -0.4 is 10.1 Å². The summed E-state index contributed by atoms with van der Waals surface area (Å²) >= 11 is 0. The summed E-state index contributed by atoms with van der Waals surface area (Å²) in [5.41, 5.74) is 1.33. The standard InChI is InChI=1S/C14H23NO/c1-4-12-8-7-9-14(10-12)16-13(5-2)11-15-6-3/h7-10,13,15H,4-6,11H2,1-3H3. The quantitative estimate of drug-likeness (QED) is 0.764. The molecule has 1 aromatic rings. The molecule has 0 heterocycles. The van der Waals surface area contributed by atoms with Crippen LogP contribution in [0.3, 0.4) is 0 Å². The minimum absolute atomic E-state index is 0.270. The smallest absolute Gasteiger partial charge is 0.120 e.